The number of rotatable bonds is 2. The lowest BCUT2D eigenvalue weighted by Crippen LogP contribution is -2.51. The van der Waals surface area contributed by atoms with Crippen molar-refractivity contribution in [2.75, 3.05) is 19.6 Å². The largest absolute Gasteiger partial charge is 0.336 e. The Morgan fingerprint density at radius 1 is 1.12 bits per heavy atom. The summed E-state index contributed by atoms with van der Waals surface area (Å²) in [6.07, 6.45) is 0. The second-order valence-corrected chi connectivity index (χ2v) is 5.81. The van der Waals surface area contributed by atoms with Gasteiger partial charge >= 0.3 is 0 Å². The molecule has 1 fully saturated rings. The van der Waals surface area contributed by atoms with E-state index < -0.39 is 5.82 Å². The first kappa shape index (κ1) is 18.4. The highest BCUT2D eigenvalue weighted by Gasteiger charge is 2.23. The van der Waals surface area contributed by atoms with Crippen LogP contribution in [0.4, 0.5) is 8.78 Å². The van der Waals surface area contributed by atoms with Gasteiger partial charge in [-0.2, -0.15) is 0 Å². The van der Waals surface area contributed by atoms with E-state index in [-0.39, 0.29) is 35.7 Å². The summed E-state index contributed by atoms with van der Waals surface area (Å²) in [5.41, 5.74) is 1.40. The summed E-state index contributed by atoms with van der Waals surface area (Å²) >= 11 is 0. The quantitative estimate of drug-likeness (QED) is 0.897. The summed E-state index contributed by atoms with van der Waals surface area (Å²) in [5, 5.41) is 3.25. The van der Waals surface area contributed by atoms with Crippen LogP contribution in [-0.4, -0.2) is 36.5 Å². The predicted molar refractivity (Wildman–Crippen MR) is 92.4 cm³/mol. The monoisotopic (exact) mass is 352 g/mol. The second-order valence-electron chi connectivity index (χ2n) is 5.81. The number of hydrogen-bond donors (Lipinski definition) is 1. The highest BCUT2D eigenvalue weighted by Crippen LogP contribution is 2.23. The zero-order valence-electron chi connectivity index (χ0n) is 13.3. The van der Waals surface area contributed by atoms with Crippen LogP contribution in [-0.2, 0) is 0 Å². The molecule has 1 unspecified atom stereocenters. The Morgan fingerprint density at radius 2 is 1.79 bits per heavy atom. The van der Waals surface area contributed by atoms with E-state index in [9.17, 15) is 13.6 Å². The highest BCUT2D eigenvalue weighted by molar-refractivity contribution is 5.95. The van der Waals surface area contributed by atoms with Gasteiger partial charge in [-0.15, -0.1) is 12.4 Å². The minimum atomic E-state index is -0.553. The summed E-state index contributed by atoms with van der Waals surface area (Å²) in [6.45, 7) is 3.84. The number of nitrogens with zero attached hydrogens (tertiary/aromatic N) is 1. The molecule has 2 aromatic carbocycles. The second kappa shape index (κ2) is 7.73. The van der Waals surface area contributed by atoms with Crippen LogP contribution < -0.4 is 5.32 Å². The zero-order chi connectivity index (χ0) is 16.4. The molecule has 1 N–H and O–H groups in total. The summed E-state index contributed by atoms with van der Waals surface area (Å²) < 4.78 is 27.3. The molecule has 3 rings (SSSR count). The minimum Gasteiger partial charge on any atom is -0.336 e. The van der Waals surface area contributed by atoms with E-state index in [0.717, 1.165) is 0 Å². The van der Waals surface area contributed by atoms with Crippen LogP contribution in [0.25, 0.3) is 11.1 Å². The molecule has 0 saturated carbocycles. The average Bonchev–Trinajstić information content (AvgIpc) is 2.55. The number of benzene rings is 2. The van der Waals surface area contributed by atoms with Gasteiger partial charge < -0.3 is 10.2 Å². The van der Waals surface area contributed by atoms with Crippen molar-refractivity contribution >= 4 is 18.3 Å². The Labute approximate surface area is 146 Å². The van der Waals surface area contributed by atoms with Crippen molar-refractivity contribution < 1.29 is 13.6 Å². The van der Waals surface area contributed by atoms with Crippen LogP contribution in [0.15, 0.2) is 42.5 Å². The van der Waals surface area contributed by atoms with E-state index in [2.05, 4.69) is 5.32 Å². The Kier molecular flexibility index (Phi) is 5.91. The molecule has 1 aliphatic rings. The molecule has 1 heterocycles. The molecule has 0 bridgehead atoms. The smallest absolute Gasteiger partial charge is 0.256 e. The number of carbonyl (C=O) groups is 1. The molecule has 2 aromatic rings. The fourth-order valence-electron chi connectivity index (χ4n) is 2.80. The van der Waals surface area contributed by atoms with Gasteiger partial charge in [0.1, 0.15) is 11.6 Å². The van der Waals surface area contributed by atoms with Crippen LogP contribution in [0.3, 0.4) is 0 Å². The van der Waals surface area contributed by atoms with Gasteiger partial charge in [0.25, 0.3) is 5.91 Å². The van der Waals surface area contributed by atoms with Crippen molar-refractivity contribution in [3.05, 3.63) is 59.7 Å². The third-order valence-electron chi connectivity index (χ3n) is 4.03. The molecule has 128 valence electrons. The summed E-state index contributed by atoms with van der Waals surface area (Å²) in [6, 6.07) is 10.6. The van der Waals surface area contributed by atoms with Gasteiger partial charge in [0, 0.05) is 25.7 Å². The molecule has 1 saturated heterocycles. The SMILES string of the molecule is CC1CN(C(=O)c2ccc(-c3ccc(F)cc3)cc2F)CCN1.Cl. The molecule has 24 heavy (non-hydrogen) atoms. The van der Waals surface area contributed by atoms with E-state index in [1.807, 2.05) is 6.92 Å². The Balaban J connectivity index is 0.00000208. The van der Waals surface area contributed by atoms with E-state index in [1.54, 1.807) is 23.1 Å². The lowest BCUT2D eigenvalue weighted by Gasteiger charge is -2.32. The van der Waals surface area contributed by atoms with Crippen molar-refractivity contribution in [3.63, 3.8) is 0 Å². The van der Waals surface area contributed by atoms with Crippen molar-refractivity contribution in [2.45, 2.75) is 13.0 Å². The fourth-order valence-corrected chi connectivity index (χ4v) is 2.80. The number of hydrogen-bond acceptors (Lipinski definition) is 2. The topological polar surface area (TPSA) is 32.3 Å². The summed E-state index contributed by atoms with van der Waals surface area (Å²) in [7, 11) is 0. The van der Waals surface area contributed by atoms with Crippen LogP contribution >= 0.6 is 12.4 Å². The van der Waals surface area contributed by atoms with Gasteiger partial charge in [-0.25, -0.2) is 8.78 Å². The first-order valence-corrected chi connectivity index (χ1v) is 7.63. The van der Waals surface area contributed by atoms with E-state index >= 15 is 0 Å². The number of carbonyl (C=O) groups excluding carboxylic acids is 1. The summed E-state index contributed by atoms with van der Waals surface area (Å²) in [5.74, 6) is -1.18. The van der Waals surface area contributed by atoms with Crippen LogP contribution in [0.5, 0.6) is 0 Å². The first-order chi connectivity index (χ1) is 11.0. The molecule has 0 aliphatic carbocycles. The highest BCUT2D eigenvalue weighted by atomic mass is 35.5. The van der Waals surface area contributed by atoms with Gasteiger partial charge in [0.2, 0.25) is 0 Å². The molecule has 6 heteroatoms. The molecule has 0 radical (unpaired) electrons. The van der Waals surface area contributed by atoms with Gasteiger partial charge in [-0.3, -0.25) is 4.79 Å². The maximum absolute atomic E-state index is 14.4. The lowest BCUT2D eigenvalue weighted by atomic mass is 10.0. The molecule has 3 nitrogen and oxygen atoms in total. The molecular formula is C18H19ClF2N2O. The normalized spacial score (nSPS) is 17.3. The van der Waals surface area contributed by atoms with Crippen molar-refractivity contribution in [1.82, 2.24) is 10.2 Å². The van der Waals surface area contributed by atoms with Crippen LogP contribution in [0.1, 0.15) is 17.3 Å². The molecule has 1 aliphatic heterocycles. The van der Waals surface area contributed by atoms with Crippen molar-refractivity contribution in [3.8, 4) is 11.1 Å². The van der Waals surface area contributed by atoms with Crippen molar-refractivity contribution in [1.29, 1.82) is 0 Å². The van der Waals surface area contributed by atoms with Crippen LogP contribution in [0.2, 0.25) is 0 Å². The van der Waals surface area contributed by atoms with Crippen LogP contribution in [0, 0.1) is 11.6 Å². The Morgan fingerprint density at radius 3 is 2.42 bits per heavy atom. The first-order valence-electron chi connectivity index (χ1n) is 7.63. The van der Waals surface area contributed by atoms with Crippen molar-refractivity contribution in [2.24, 2.45) is 0 Å². The van der Waals surface area contributed by atoms with Gasteiger partial charge in [0.05, 0.1) is 5.56 Å². The van der Waals surface area contributed by atoms with E-state index in [4.69, 9.17) is 0 Å². The standard InChI is InChI=1S/C18H18F2N2O.ClH/c1-12-11-22(9-8-21-12)18(23)16-7-4-14(10-17(16)20)13-2-5-15(19)6-3-13;/h2-7,10,12,21H,8-9,11H2,1H3;1H. The number of nitrogens with one attached hydrogen (secondary N) is 1. The lowest BCUT2D eigenvalue weighted by molar-refractivity contribution is 0.0704. The van der Waals surface area contributed by atoms with Gasteiger partial charge in [-0.1, -0.05) is 18.2 Å². The third-order valence-corrected chi connectivity index (χ3v) is 4.03. The molecule has 1 amide bonds. The predicted octanol–water partition coefficient (Wildman–Crippen LogP) is 3.49. The third kappa shape index (κ3) is 3.91. The summed E-state index contributed by atoms with van der Waals surface area (Å²) in [4.78, 5) is 14.1. The van der Waals surface area contributed by atoms with Gasteiger partial charge in [-0.05, 0) is 42.3 Å². The fraction of sp³-hybridized carbons (Fsp3) is 0.278. The zero-order valence-corrected chi connectivity index (χ0v) is 14.1. The molecular weight excluding hydrogens is 334 g/mol. The maximum Gasteiger partial charge on any atom is 0.256 e. The number of halogens is 3. The molecule has 1 atom stereocenters. The number of piperazine rings is 1. The Hall–Kier alpha value is -1.98. The molecule has 0 spiro atoms. The Bertz CT molecular complexity index is 721. The maximum atomic E-state index is 14.4. The number of amides is 1. The van der Waals surface area contributed by atoms with E-state index in [1.165, 1.54) is 24.3 Å². The van der Waals surface area contributed by atoms with Gasteiger partial charge in [0.15, 0.2) is 0 Å². The minimum absolute atomic E-state index is 0. The molecule has 0 aromatic heterocycles. The van der Waals surface area contributed by atoms with E-state index in [0.29, 0.717) is 30.8 Å². The average molecular weight is 353 g/mol.